The largest absolute Gasteiger partial charge is 0.508 e. The first-order chi connectivity index (χ1) is 17.8. The van der Waals surface area contributed by atoms with E-state index in [2.05, 4.69) is 16.0 Å². The Bertz CT molecular complexity index is 1200. The van der Waals surface area contributed by atoms with Crippen LogP contribution in [0.15, 0.2) is 84.9 Å². The molecule has 0 bridgehead atoms. The summed E-state index contributed by atoms with van der Waals surface area (Å²) >= 11 is 0. The summed E-state index contributed by atoms with van der Waals surface area (Å²) in [5, 5.41) is 17.3. The number of carbonyl (C=O) groups is 4. The van der Waals surface area contributed by atoms with E-state index >= 15 is 0 Å². The molecule has 3 aromatic rings. The van der Waals surface area contributed by atoms with E-state index in [0.29, 0.717) is 5.69 Å². The summed E-state index contributed by atoms with van der Waals surface area (Å²) in [4.78, 5) is 50.1. The summed E-state index contributed by atoms with van der Waals surface area (Å²) in [6.45, 7) is 0. The second-order valence-corrected chi connectivity index (χ2v) is 8.56. The molecule has 192 valence electrons. The minimum atomic E-state index is -0.979. The highest BCUT2D eigenvalue weighted by Crippen LogP contribution is 2.14. The van der Waals surface area contributed by atoms with E-state index in [1.807, 2.05) is 60.7 Å². The first-order valence-corrected chi connectivity index (χ1v) is 11.9. The van der Waals surface area contributed by atoms with E-state index in [0.717, 1.165) is 11.1 Å². The van der Waals surface area contributed by atoms with Crippen molar-refractivity contribution in [2.24, 2.45) is 5.73 Å². The van der Waals surface area contributed by atoms with Gasteiger partial charge in [0.2, 0.25) is 23.6 Å². The quantitative estimate of drug-likeness (QED) is 0.240. The number of nitrogens with two attached hydrogens (primary N) is 1. The van der Waals surface area contributed by atoms with Crippen LogP contribution in [-0.2, 0) is 32.0 Å². The second kappa shape index (κ2) is 13.4. The summed E-state index contributed by atoms with van der Waals surface area (Å²) in [7, 11) is 0. The van der Waals surface area contributed by atoms with Crippen LogP contribution in [0.2, 0.25) is 0 Å². The van der Waals surface area contributed by atoms with E-state index in [1.54, 1.807) is 0 Å². The second-order valence-electron chi connectivity index (χ2n) is 8.56. The minimum Gasteiger partial charge on any atom is -0.508 e. The van der Waals surface area contributed by atoms with Crippen LogP contribution in [0.25, 0.3) is 0 Å². The predicted molar refractivity (Wildman–Crippen MR) is 139 cm³/mol. The van der Waals surface area contributed by atoms with Gasteiger partial charge in [0.05, 0.1) is 0 Å². The van der Waals surface area contributed by atoms with Gasteiger partial charge in [-0.25, -0.2) is 0 Å². The molecule has 0 fully saturated rings. The maximum atomic E-state index is 13.2. The zero-order valence-electron chi connectivity index (χ0n) is 20.2. The van der Waals surface area contributed by atoms with Crippen LogP contribution in [0.3, 0.4) is 0 Å². The van der Waals surface area contributed by atoms with Gasteiger partial charge in [0.15, 0.2) is 0 Å². The number of primary amides is 1. The monoisotopic (exact) mass is 502 g/mol. The highest BCUT2D eigenvalue weighted by atomic mass is 16.3. The smallest absolute Gasteiger partial charge is 0.243 e. The highest BCUT2D eigenvalue weighted by Gasteiger charge is 2.26. The fourth-order valence-electron chi connectivity index (χ4n) is 3.67. The lowest BCUT2D eigenvalue weighted by Gasteiger charge is -2.22. The van der Waals surface area contributed by atoms with E-state index in [1.165, 1.54) is 24.3 Å². The molecule has 0 aliphatic heterocycles. The van der Waals surface area contributed by atoms with Gasteiger partial charge in [-0.2, -0.15) is 0 Å². The SMILES string of the molecule is NC(=O)[C@H](Cc1ccccc1)NC(=O)[C@H](Cc1ccccc1)NC(=O)CCC(=O)Nc1ccc(O)cc1. The van der Waals surface area contributed by atoms with Crippen molar-refractivity contribution in [3.63, 3.8) is 0 Å². The average molecular weight is 503 g/mol. The molecule has 0 unspecified atom stereocenters. The number of aromatic hydroxyl groups is 1. The molecule has 0 heterocycles. The molecule has 9 nitrogen and oxygen atoms in total. The molecule has 0 aliphatic rings. The molecule has 0 saturated carbocycles. The molecule has 3 aromatic carbocycles. The Kier molecular flexibility index (Phi) is 9.78. The molecule has 6 N–H and O–H groups in total. The molecule has 0 saturated heterocycles. The van der Waals surface area contributed by atoms with Gasteiger partial charge >= 0.3 is 0 Å². The van der Waals surface area contributed by atoms with Crippen LogP contribution in [0.4, 0.5) is 5.69 Å². The third-order valence-electron chi connectivity index (χ3n) is 5.61. The normalized spacial score (nSPS) is 12.1. The number of anilines is 1. The minimum absolute atomic E-state index is 0.0717. The maximum absolute atomic E-state index is 13.2. The van der Waals surface area contributed by atoms with Crippen molar-refractivity contribution in [3.05, 3.63) is 96.1 Å². The number of amides is 4. The van der Waals surface area contributed by atoms with Gasteiger partial charge < -0.3 is 26.8 Å². The number of phenols is 1. The molecule has 0 spiro atoms. The fourth-order valence-corrected chi connectivity index (χ4v) is 3.67. The predicted octanol–water partition coefficient (Wildman–Crippen LogP) is 2.05. The van der Waals surface area contributed by atoms with E-state index in [-0.39, 0.29) is 37.3 Å². The van der Waals surface area contributed by atoms with Gasteiger partial charge in [-0.1, -0.05) is 60.7 Å². The number of phenolic OH excluding ortho intramolecular Hbond substituents is 1. The van der Waals surface area contributed by atoms with Crippen molar-refractivity contribution in [1.29, 1.82) is 0 Å². The van der Waals surface area contributed by atoms with Crippen molar-refractivity contribution < 1.29 is 24.3 Å². The van der Waals surface area contributed by atoms with E-state index < -0.39 is 29.8 Å². The molecule has 2 atom stereocenters. The topological polar surface area (TPSA) is 151 Å². The lowest BCUT2D eigenvalue weighted by molar-refractivity contribution is -0.131. The molecule has 4 amide bonds. The van der Waals surface area contributed by atoms with Crippen molar-refractivity contribution >= 4 is 29.3 Å². The van der Waals surface area contributed by atoms with Crippen molar-refractivity contribution in [2.75, 3.05) is 5.32 Å². The first kappa shape index (κ1) is 26.9. The number of nitrogens with one attached hydrogen (secondary N) is 3. The third kappa shape index (κ3) is 9.14. The Morgan fingerprint density at radius 3 is 1.73 bits per heavy atom. The summed E-state index contributed by atoms with van der Waals surface area (Å²) < 4.78 is 0. The highest BCUT2D eigenvalue weighted by molar-refractivity contribution is 5.95. The van der Waals surface area contributed by atoms with Gasteiger partial charge in [-0.3, -0.25) is 19.2 Å². The lowest BCUT2D eigenvalue weighted by atomic mass is 10.0. The molecule has 9 heteroatoms. The lowest BCUT2D eigenvalue weighted by Crippen LogP contribution is -2.54. The van der Waals surface area contributed by atoms with Crippen LogP contribution in [-0.4, -0.2) is 40.8 Å². The fraction of sp³-hybridized carbons (Fsp3) is 0.214. The Morgan fingerprint density at radius 2 is 1.19 bits per heavy atom. The number of carbonyl (C=O) groups excluding carboxylic acids is 4. The average Bonchev–Trinajstić information content (AvgIpc) is 2.89. The third-order valence-corrected chi connectivity index (χ3v) is 5.61. The Labute approximate surface area is 215 Å². The first-order valence-electron chi connectivity index (χ1n) is 11.9. The number of hydrogen-bond donors (Lipinski definition) is 5. The molecule has 0 aliphatic carbocycles. The van der Waals surface area contributed by atoms with Crippen LogP contribution in [0.1, 0.15) is 24.0 Å². The Hall–Kier alpha value is -4.66. The van der Waals surface area contributed by atoms with Crippen LogP contribution >= 0.6 is 0 Å². The van der Waals surface area contributed by atoms with Gasteiger partial charge in [0, 0.05) is 31.4 Å². The zero-order valence-corrected chi connectivity index (χ0v) is 20.2. The summed E-state index contributed by atoms with van der Waals surface area (Å²) in [5.74, 6) is -2.04. The van der Waals surface area contributed by atoms with Crippen LogP contribution in [0, 0.1) is 0 Å². The van der Waals surface area contributed by atoms with Crippen molar-refractivity contribution in [1.82, 2.24) is 10.6 Å². The van der Waals surface area contributed by atoms with Crippen molar-refractivity contribution in [2.45, 2.75) is 37.8 Å². The van der Waals surface area contributed by atoms with Crippen LogP contribution in [0.5, 0.6) is 5.75 Å². The molecule has 3 rings (SSSR count). The van der Waals surface area contributed by atoms with Gasteiger partial charge in [0.1, 0.15) is 17.8 Å². The summed E-state index contributed by atoms with van der Waals surface area (Å²) in [5.41, 5.74) is 7.67. The van der Waals surface area contributed by atoms with Crippen molar-refractivity contribution in [3.8, 4) is 5.75 Å². The Morgan fingerprint density at radius 1 is 0.676 bits per heavy atom. The van der Waals surface area contributed by atoms with Gasteiger partial charge in [-0.05, 0) is 35.4 Å². The molecular weight excluding hydrogens is 472 g/mol. The summed E-state index contributed by atoms with van der Waals surface area (Å²) in [6.07, 6.45) is 0.149. The van der Waals surface area contributed by atoms with E-state index in [4.69, 9.17) is 5.73 Å². The maximum Gasteiger partial charge on any atom is 0.243 e. The van der Waals surface area contributed by atoms with Crippen LogP contribution < -0.4 is 21.7 Å². The molecular formula is C28H30N4O5. The van der Waals surface area contributed by atoms with E-state index in [9.17, 15) is 24.3 Å². The Balaban J connectivity index is 1.62. The van der Waals surface area contributed by atoms with Gasteiger partial charge in [0.25, 0.3) is 0 Å². The summed E-state index contributed by atoms with van der Waals surface area (Å²) in [6, 6.07) is 22.3. The number of hydrogen-bond acceptors (Lipinski definition) is 5. The van der Waals surface area contributed by atoms with Gasteiger partial charge in [-0.15, -0.1) is 0 Å². The molecule has 0 radical (unpaired) electrons. The molecule has 37 heavy (non-hydrogen) atoms. The number of benzene rings is 3. The zero-order chi connectivity index (χ0) is 26.6. The number of rotatable bonds is 12. The molecule has 0 aromatic heterocycles. The standard InChI is InChI=1S/C28H30N4O5/c29-27(36)23(17-19-7-3-1-4-8-19)32-28(37)24(18-20-9-5-2-6-10-20)31-26(35)16-15-25(34)30-21-11-13-22(33)14-12-21/h1-14,23-24,33H,15-18H2,(H2,29,36)(H,30,34)(H,31,35)(H,32,37)/t23-,24-/m0/s1.